The van der Waals surface area contributed by atoms with Crippen LogP contribution in [0, 0.1) is 5.82 Å². The van der Waals surface area contributed by atoms with E-state index in [1.54, 1.807) is 24.3 Å². The van der Waals surface area contributed by atoms with Gasteiger partial charge < -0.3 is 30.1 Å². The number of halogens is 4. The second-order valence-corrected chi connectivity index (χ2v) is 11.1. The first kappa shape index (κ1) is 35.4. The standard InChI is InChI=1S/C25H36N8O3.C7H4F4/c1-26-25(35)33-15-13-32(14-16-33)24-21(5-3-4-7-28-24)36-19-20-6-8-27-22(17-20)29-23(34)18-31-11-9-30(2)10-12-31;8-6-3-1-5(2-4-6)7(9,10)11/h4-8,17H,3,9-16,18-19H2,1-2H3,(H,26,35)(H,27,29,34);1-4H. The average Bonchev–Trinajstić information content (AvgIpc) is 3.30. The molecule has 2 N–H and O–H groups in total. The smallest absolute Gasteiger partial charge is 0.416 e. The van der Waals surface area contributed by atoms with Crippen LogP contribution in [0.1, 0.15) is 17.5 Å². The highest BCUT2D eigenvalue weighted by atomic mass is 19.4. The molecule has 3 aliphatic heterocycles. The predicted octanol–water partition coefficient (Wildman–Crippen LogP) is 3.79. The summed E-state index contributed by atoms with van der Waals surface area (Å²) >= 11 is 0. The molecule has 0 unspecified atom stereocenters. The molecule has 47 heavy (non-hydrogen) atoms. The summed E-state index contributed by atoms with van der Waals surface area (Å²) < 4.78 is 53.7. The molecule has 4 heterocycles. The van der Waals surface area contributed by atoms with Gasteiger partial charge in [-0.05, 0) is 61.5 Å². The number of amidine groups is 1. The number of likely N-dealkylation sites (N-methyl/N-ethyl adjacent to an activating group) is 1. The Morgan fingerprint density at radius 3 is 2.34 bits per heavy atom. The van der Waals surface area contributed by atoms with E-state index in [9.17, 15) is 27.2 Å². The number of aliphatic imine (C=N–C) groups is 1. The Bertz CT molecular complexity index is 1430. The van der Waals surface area contributed by atoms with Gasteiger partial charge in [0, 0.05) is 71.8 Å². The molecule has 5 rings (SSSR count). The van der Waals surface area contributed by atoms with Gasteiger partial charge in [-0.1, -0.05) is 6.08 Å². The lowest BCUT2D eigenvalue weighted by Crippen LogP contribution is -2.53. The maximum Gasteiger partial charge on any atom is 0.416 e. The lowest BCUT2D eigenvalue weighted by molar-refractivity contribution is -0.137. The van der Waals surface area contributed by atoms with Crippen LogP contribution in [0.2, 0.25) is 0 Å². The Balaban J connectivity index is 0.000000385. The third-order valence-electron chi connectivity index (χ3n) is 7.66. The van der Waals surface area contributed by atoms with Crippen molar-refractivity contribution >= 4 is 23.6 Å². The third-order valence-corrected chi connectivity index (χ3v) is 7.66. The minimum Gasteiger partial charge on any atom is -0.485 e. The molecule has 0 bridgehead atoms. The van der Waals surface area contributed by atoms with Crippen LogP contribution in [-0.4, -0.2) is 115 Å². The van der Waals surface area contributed by atoms with E-state index >= 15 is 0 Å². The number of pyridine rings is 1. The van der Waals surface area contributed by atoms with E-state index < -0.39 is 17.6 Å². The lowest BCUT2D eigenvalue weighted by atomic mass is 10.2. The summed E-state index contributed by atoms with van der Waals surface area (Å²) in [5, 5.41) is 5.59. The summed E-state index contributed by atoms with van der Waals surface area (Å²) in [6.07, 6.45) is 3.83. The highest BCUT2D eigenvalue weighted by Crippen LogP contribution is 2.28. The Morgan fingerprint density at radius 1 is 0.979 bits per heavy atom. The van der Waals surface area contributed by atoms with E-state index in [0.717, 1.165) is 56.1 Å². The van der Waals surface area contributed by atoms with Crippen molar-refractivity contribution in [2.75, 3.05) is 78.3 Å². The number of nitrogens with one attached hydrogen (secondary N) is 2. The van der Waals surface area contributed by atoms with Crippen molar-refractivity contribution in [1.82, 2.24) is 29.9 Å². The molecule has 3 amide bonds. The van der Waals surface area contributed by atoms with Crippen molar-refractivity contribution in [1.29, 1.82) is 0 Å². The van der Waals surface area contributed by atoms with Crippen molar-refractivity contribution < 1.29 is 31.9 Å². The molecule has 3 aliphatic rings. The van der Waals surface area contributed by atoms with Gasteiger partial charge in [-0.2, -0.15) is 13.2 Å². The first-order chi connectivity index (χ1) is 22.5. The largest absolute Gasteiger partial charge is 0.485 e. The van der Waals surface area contributed by atoms with Gasteiger partial charge in [-0.3, -0.25) is 9.69 Å². The zero-order valence-electron chi connectivity index (χ0n) is 26.5. The quantitative estimate of drug-likeness (QED) is 0.455. The number of aromatic nitrogens is 1. The number of hydrogen-bond acceptors (Lipinski definition) is 8. The molecular weight excluding hydrogens is 620 g/mol. The van der Waals surface area contributed by atoms with Gasteiger partial charge in [-0.15, -0.1) is 0 Å². The van der Waals surface area contributed by atoms with Crippen LogP contribution in [0.4, 0.5) is 28.2 Å². The van der Waals surface area contributed by atoms with Crippen LogP contribution in [0.5, 0.6) is 0 Å². The van der Waals surface area contributed by atoms with Gasteiger partial charge in [0.05, 0.1) is 12.1 Å². The topological polar surface area (TPSA) is 106 Å². The number of rotatable bonds is 6. The van der Waals surface area contributed by atoms with E-state index in [-0.39, 0.29) is 11.9 Å². The van der Waals surface area contributed by atoms with E-state index in [1.165, 1.54) is 0 Å². The number of allylic oxidation sites excluding steroid dienone is 2. The Hall–Kier alpha value is -4.50. The normalized spacial score (nSPS) is 17.5. The SMILES string of the molecule is CNC(=O)N1CCN(C2=NC=CCC=C2OCc2ccnc(NC(=O)CN3CCN(C)CC3)c2)CC1.Fc1ccc(C(F)(F)F)cc1. The van der Waals surface area contributed by atoms with Crippen molar-refractivity contribution in [3.05, 3.63) is 83.7 Å². The van der Waals surface area contributed by atoms with E-state index in [4.69, 9.17) is 4.74 Å². The second-order valence-electron chi connectivity index (χ2n) is 11.1. The van der Waals surface area contributed by atoms with Crippen molar-refractivity contribution in [2.45, 2.75) is 19.2 Å². The fourth-order valence-electron chi connectivity index (χ4n) is 4.98. The number of carbonyl (C=O) groups excluding carboxylic acids is 2. The first-order valence-corrected chi connectivity index (χ1v) is 15.3. The zero-order valence-corrected chi connectivity index (χ0v) is 26.5. The van der Waals surface area contributed by atoms with Gasteiger partial charge in [0.25, 0.3) is 0 Å². The second kappa shape index (κ2) is 16.9. The van der Waals surface area contributed by atoms with Crippen LogP contribution < -0.4 is 10.6 Å². The van der Waals surface area contributed by atoms with Crippen LogP contribution in [-0.2, 0) is 22.3 Å². The lowest BCUT2D eigenvalue weighted by Gasteiger charge is -2.36. The summed E-state index contributed by atoms with van der Waals surface area (Å²) in [6.45, 7) is 7.01. The molecule has 15 heteroatoms. The number of urea groups is 1. The minimum atomic E-state index is -4.38. The van der Waals surface area contributed by atoms with E-state index in [0.29, 0.717) is 63.0 Å². The molecule has 0 saturated carbocycles. The number of hydrogen-bond donors (Lipinski definition) is 2. The number of benzene rings is 1. The molecule has 2 saturated heterocycles. The Kier molecular flexibility index (Phi) is 12.7. The zero-order chi connectivity index (χ0) is 33.8. The van der Waals surface area contributed by atoms with Gasteiger partial charge in [0.1, 0.15) is 18.2 Å². The fraction of sp³-hybridized carbons (Fsp3) is 0.438. The van der Waals surface area contributed by atoms with Gasteiger partial charge in [0.15, 0.2) is 11.6 Å². The number of amides is 3. The van der Waals surface area contributed by atoms with Crippen molar-refractivity contribution in [3.8, 4) is 0 Å². The van der Waals surface area contributed by atoms with E-state index in [2.05, 4.69) is 42.4 Å². The predicted molar refractivity (Wildman–Crippen MR) is 170 cm³/mol. The number of alkyl halides is 3. The average molecular weight is 661 g/mol. The Labute approximate surface area is 271 Å². The number of nitrogens with zero attached hydrogens (tertiary/aromatic N) is 6. The monoisotopic (exact) mass is 660 g/mol. The summed E-state index contributed by atoms with van der Waals surface area (Å²) in [7, 11) is 3.74. The van der Waals surface area contributed by atoms with Crippen molar-refractivity contribution in [3.63, 3.8) is 0 Å². The number of piperazine rings is 2. The molecule has 0 spiro atoms. The van der Waals surface area contributed by atoms with Crippen LogP contribution in [0.3, 0.4) is 0 Å². The molecule has 11 nitrogen and oxygen atoms in total. The maximum atomic E-state index is 12.5. The minimum absolute atomic E-state index is 0.0616. The Morgan fingerprint density at radius 2 is 1.68 bits per heavy atom. The highest BCUT2D eigenvalue weighted by Gasteiger charge is 2.30. The number of ether oxygens (including phenoxy) is 1. The first-order valence-electron chi connectivity index (χ1n) is 15.3. The molecule has 2 aromatic rings. The van der Waals surface area contributed by atoms with E-state index in [1.807, 2.05) is 24.3 Å². The van der Waals surface area contributed by atoms with Crippen LogP contribution in [0.25, 0.3) is 0 Å². The molecule has 2 fully saturated rings. The maximum absolute atomic E-state index is 12.5. The van der Waals surface area contributed by atoms with Crippen LogP contribution in [0.15, 0.2) is 71.7 Å². The molecular formula is C32H40F4N8O3. The molecule has 1 aromatic heterocycles. The number of carbonyl (C=O) groups is 2. The molecule has 0 aliphatic carbocycles. The van der Waals surface area contributed by atoms with Gasteiger partial charge >= 0.3 is 12.2 Å². The fourth-order valence-corrected chi connectivity index (χ4v) is 4.98. The summed E-state index contributed by atoms with van der Waals surface area (Å²) in [5.41, 5.74) is 0.0701. The summed E-state index contributed by atoms with van der Waals surface area (Å²) in [4.78, 5) is 41.7. The van der Waals surface area contributed by atoms with Crippen LogP contribution >= 0.6 is 0 Å². The summed E-state index contributed by atoms with van der Waals surface area (Å²) in [5.74, 6) is 1.28. The summed E-state index contributed by atoms with van der Waals surface area (Å²) in [6, 6.07) is 6.63. The molecule has 254 valence electrons. The molecule has 0 radical (unpaired) electrons. The van der Waals surface area contributed by atoms with Gasteiger partial charge in [-0.25, -0.2) is 19.2 Å². The van der Waals surface area contributed by atoms with Gasteiger partial charge in [0.2, 0.25) is 5.91 Å². The van der Waals surface area contributed by atoms with Crippen molar-refractivity contribution in [2.24, 2.45) is 4.99 Å². The third kappa shape index (κ3) is 11.1. The molecule has 1 aromatic carbocycles. The number of anilines is 1. The molecule has 0 atom stereocenters. The highest BCUT2D eigenvalue weighted by molar-refractivity contribution is 5.97.